The fourth-order valence-electron chi connectivity index (χ4n) is 2.52. The van der Waals surface area contributed by atoms with Crippen LogP contribution in [0.3, 0.4) is 0 Å². The molecule has 0 aliphatic heterocycles. The molecule has 0 saturated carbocycles. The molecule has 2 atom stereocenters. The van der Waals surface area contributed by atoms with E-state index < -0.39 is 5.92 Å². The van der Waals surface area contributed by atoms with Gasteiger partial charge in [0.25, 0.3) is 0 Å². The van der Waals surface area contributed by atoms with Crippen LogP contribution in [0.4, 0.5) is 5.69 Å². The summed E-state index contributed by atoms with van der Waals surface area (Å²) in [6, 6.07) is 4.89. The smallest absolute Gasteiger partial charge is 0.228 e. The summed E-state index contributed by atoms with van der Waals surface area (Å²) in [5.41, 5.74) is 0.502. The molecule has 22 heavy (non-hydrogen) atoms. The van der Waals surface area contributed by atoms with E-state index in [1.165, 1.54) is 4.90 Å². The fourth-order valence-corrected chi connectivity index (χ4v) is 2.98. The van der Waals surface area contributed by atoms with Crippen LogP contribution in [0.15, 0.2) is 30.4 Å². The lowest BCUT2D eigenvalue weighted by Crippen LogP contribution is -2.40. The Morgan fingerprint density at radius 2 is 1.77 bits per heavy atom. The van der Waals surface area contributed by atoms with Crippen LogP contribution in [0, 0.1) is 11.8 Å². The molecule has 0 spiro atoms. The van der Waals surface area contributed by atoms with E-state index in [0.717, 1.165) is 0 Å². The van der Waals surface area contributed by atoms with Crippen molar-refractivity contribution in [1.82, 2.24) is 4.90 Å². The maximum absolute atomic E-state index is 12.5. The zero-order valence-corrected chi connectivity index (χ0v) is 14.0. The lowest BCUT2D eigenvalue weighted by atomic mass is 9.81. The summed E-state index contributed by atoms with van der Waals surface area (Å²) in [5.74, 6) is -0.974. The Bertz CT molecular complexity index is 614. The van der Waals surface area contributed by atoms with Crippen LogP contribution in [0.5, 0.6) is 0 Å². The normalized spacial score (nSPS) is 20.5. The first-order valence-electron chi connectivity index (χ1n) is 7.02. The van der Waals surface area contributed by atoms with Crippen molar-refractivity contribution in [2.45, 2.75) is 12.8 Å². The first-order chi connectivity index (χ1) is 10.4. The summed E-state index contributed by atoms with van der Waals surface area (Å²) in [4.78, 5) is 26.3. The minimum absolute atomic E-state index is 0.0355. The van der Waals surface area contributed by atoms with Crippen LogP contribution in [0.25, 0.3) is 0 Å². The minimum Gasteiger partial charge on any atom is -0.349 e. The Morgan fingerprint density at radius 1 is 1.14 bits per heavy atom. The van der Waals surface area contributed by atoms with Crippen molar-refractivity contribution in [1.29, 1.82) is 0 Å². The lowest BCUT2D eigenvalue weighted by Gasteiger charge is -2.28. The van der Waals surface area contributed by atoms with Crippen LogP contribution in [0.1, 0.15) is 12.8 Å². The Hall–Kier alpha value is -1.52. The number of allylic oxidation sites excluding steroid dienone is 2. The van der Waals surface area contributed by atoms with Gasteiger partial charge in [0.15, 0.2) is 0 Å². The number of carbonyl (C=O) groups is 2. The molecular weight excluding hydrogens is 323 g/mol. The molecule has 0 fully saturated rings. The van der Waals surface area contributed by atoms with Gasteiger partial charge in [-0.05, 0) is 31.0 Å². The maximum Gasteiger partial charge on any atom is 0.228 e. The standard InChI is InChI=1S/C16H18Cl2N2O2/c1-20(2)16(22)12-6-4-3-5-11(12)15(21)19-14-8-7-10(17)9-13(14)18/h3-4,7-9,11-12H,5-6H2,1-2H3,(H,19,21). The first-order valence-corrected chi connectivity index (χ1v) is 7.78. The summed E-state index contributed by atoms with van der Waals surface area (Å²) in [7, 11) is 3.40. The zero-order valence-electron chi connectivity index (χ0n) is 12.5. The molecule has 4 nitrogen and oxygen atoms in total. The quantitative estimate of drug-likeness (QED) is 0.854. The molecule has 0 aromatic heterocycles. The molecule has 6 heteroatoms. The van der Waals surface area contributed by atoms with Gasteiger partial charge < -0.3 is 10.2 Å². The van der Waals surface area contributed by atoms with Crippen LogP contribution < -0.4 is 5.32 Å². The second-order valence-corrected chi connectivity index (χ2v) is 6.35. The fraction of sp³-hybridized carbons (Fsp3) is 0.375. The average molecular weight is 341 g/mol. The zero-order chi connectivity index (χ0) is 16.3. The molecule has 2 unspecified atom stereocenters. The van der Waals surface area contributed by atoms with Crippen LogP contribution in [-0.2, 0) is 9.59 Å². The maximum atomic E-state index is 12.5. The second-order valence-electron chi connectivity index (χ2n) is 5.50. The highest BCUT2D eigenvalue weighted by Crippen LogP contribution is 2.30. The molecule has 1 aliphatic carbocycles. The van der Waals surface area contributed by atoms with Gasteiger partial charge >= 0.3 is 0 Å². The molecule has 1 aromatic rings. The third kappa shape index (κ3) is 3.81. The number of rotatable bonds is 3. The largest absolute Gasteiger partial charge is 0.349 e. The molecule has 1 aromatic carbocycles. The van der Waals surface area contributed by atoms with Gasteiger partial charge in [-0.25, -0.2) is 0 Å². The first kappa shape index (κ1) is 16.8. The van der Waals surface area contributed by atoms with Crippen LogP contribution in [-0.4, -0.2) is 30.8 Å². The van der Waals surface area contributed by atoms with E-state index in [4.69, 9.17) is 23.2 Å². The van der Waals surface area contributed by atoms with Gasteiger partial charge in [-0.1, -0.05) is 35.4 Å². The Kier molecular flexibility index (Phi) is 5.48. The van der Waals surface area contributed by atoms with Gasteiger partial charge in [-0.15, -0.1) is 0 Å². The van der Waals surface area contributed by atoms with E-state index in [1.807, 2.05) is 12.2 Å². The van der Waals surface area contributed by atoms with Gasteiger partial charge in [0, 0.05) is 19.1 Å². The molecule has 1 N–H and O–H groups in total. The van der Waals surface area contributed by atoms with E-state index in [-0.39, 0.29) is 17.7 Å². The van der Waals surface area contributed by atoms with Gasteiger partial charge in [-0.2, -0.15) is 0 Å². The molecular formula is C16H18Cl2N2O2. The number of amides is 2. The van der Waals surface area contributed by atoms with E-state index in [1.54, 1.807) is 32.3 Å². The van der Waals surface area contributed by atoms with E-state index in [2.05, 4.69) is 5.32 Å². The average Bonchev–Trinajstić information content (AvgIpc) is 2.49. The van der Waals surface area contributed by atoms with Gasteiger partial charge in [0.05, 0.1) is 22.5 Å². The predicted octanol–water partition coefficient (Wildman–Crippen LogP) is 3.60. The Morgan fingerprint density at radius 3 is 2.36 bits per heavy atom. The van der Waals surface area contributed by atoms with Crippen molar-refractivity contribution >= 4 is 40.7 Å². The number of benzene rings is 1. The highest BCUT2D eigenvalue weighted by Gasteiger charge is 2.35. The third-order valence-electron chi connectivity index (χ3n) is 3.72. The van der Waals surface area contributed by atoms with Gasteiger partial charge in [0.2, 0.25) is 11.8 Å². The Balaban J connectivity index is 2.16. The number of anilines is 1. The van der Waals surface area contributed by atoms with Gasteiger partial charge in [-0.3, -0.25) is 9.59 Å². The number of nitrogens with zero attached hydrogens (tertiary/aromatic N) is 1. The number of carbonyl (C=O) groups excluding carboxylic acids is 2. The van der Waals surface area contributed by atoms with E-state index >= 15 is 0 Å². The third-order valence-corrected chi connectivity index (χ3v) is 4.26. The molecule has 2 amide bonds. The van der Waals surface area contributed by atoms with E-state index in [0.29, 0.717) is 28.6 Å². The molecule has 0 heterocycles. The van der Waals surface area contributed by atoms with Crippen molar-refractivity contribution in [2.24, 2.45) is 11.8 Å². The number of hydrogen-bond acceptors (Lipinski definition) is 2. The molecule has 1 aliphatic rings. The lowest BCUT2D eigenvalue weighted by molar-refractivity contribution is -0.138. The minimum atomic E-state index is -0.397. The second kappa shape index (κ2) is 7.16. The molecule has 0 saturated heterocycles. The molecule has 0 radical (unpaired) electrons. The van der Waals surface area contributed by atoms with E-state index in [9.17, 15) is 9.59 Å². The molecule has 2 rings (SSSR count). The van der Waals surface area contributed by atoms with Crippen molar-refractivity contribution in [3.63, 3.8) is 0 Å². The van der Waals surface area contributed by atoms with Crippen molar-refractivity contribution in [3.8, 4) is 0 Å². The number of halogens is 2. The topological polar surface area (TPSA) is 49.4 Å². The summed E-state index contributed by atoms with van der Waals surface area (Å²) in [5, 5.41) is 3.68. The van der Waals surface area contributed by atoms with Crippen LogP contribution >= 0.6 is 23.2 Å². The summed E-state index contributed by atoms with van der Waals surface area (Å²) in [6.45, 7) is 0. The Labute approximate surface area is 140 Å². The summed E-state index contributed by atoms with van der Waals surface area (Å²) < 4.78 is 0. The van der Waals surface area contributed by atoms with Gasteiger partial charge in [0.1, 0.15) is 0 Å². The molecule has 118 valence electrons. The highest BCUT2D eigenvalue weighted by atomic mass is 35.5. The predicted molar refractivity (Wildman–Crippen MR) is 89.1 cm³/mol. The number of hydrogen-bond donors (Lipinski definition) is 1. The van der Waals surface area contributed by atoms with Crippen molar-refractivity contribution in [2.75, 3.05) is 19.4 Å². The molecule has 0 bridgehead atoms. The van der Waals surface area contributed by atoms with Crippen molar-refractivity contribution in [3.05, 3.63) is 40.4 Å². The monoisotopic (exact) mass is 340 g/mol. The highest BCUT2D eigenvalue weighted by molar-refractivity contribution is 6.36. The van der Waals surface area contributed by atoms with Crippen molar-refractivity contribution < 1.29 is 9.59 Å². The van der Waals surface area contributed by atoms with Crippen LogP contribution in [0.2, 0.25) is 10.0 Å². The SMILES string of the molecule is CN(C)C(=O)C1CC=CCC1C(=O)Nc1ccc(Cl)cc1Cl. The number of nitrogens with one attached hydrogen (secondary N) is 1. The summed E-state index contributed by atoms with van der Waals surface area (Å²) in [6.07, 6.45) is 5.00. The summed E-state index contributed by atoms with van der Waals surface area (Å²) >= 11 is 11.9.